The van der Waals surface area contributed by atoms with Crippen molar-refractivity contribution in [3.8, 4) is 5.75 Å². The number of morpholine rings is 1. The SMILES string of the molecule is COC(=O)[C@H](Cc1ccc(OC)cc1)NC(=O)[C@H]1CN(S(C)(=O)=O)CCN1C(=O)N1CCOCC1. The van der Waals surface area contributed by atoms with Crippen molar-refractivity contribution in [3.05, 3.63) is 29.8 Å². The van der Waals surface area contributed by atoms with Crippen LogP contribution in [0, 0.1) is 0 Å². The van der Waals surface area contributed by atoms with Crippen LogP contribution in [0.2, 0.25) is 0 Å². The number of piperazine rings is 1. The lowest BCUT2D eigenvalue weighted by Crippen LogP contribution is -2.65. The third kappa shape index (κ3) is 6.83. The van der Waals surface area contributed by atoms with E-state index in [0.29, 0.717) is 32.1 Å². The van der Waals surface area contributed by atoms with Crippen molar-refractivity contribution < 1.29 is 37.0 Å². The molecule has 0 aromatic heterocycles. The van der Waals surface area contributed by atoms with E-state index in [1.807, 2.05) is 0 Å². The Morgan fingerprint density at radius 3 is 2.31 bits per heavy atom. The molecule has 3 rings (SSSR count). The standard InChI is InChI=1S/C22H32N4O8S/c1-32-17-6-4-16(5-7-17)14-18(21(28)33-2)23-20(27)19-15-25(35(3,30)31)8-9-26(19)22(29)24-10-12-34-13-11-24/h4-7,18-19H,8-15H2,1-3H3,(H,23,27)/t18-,19+/m0/s1. The molecule has 2 aliphatic heterocycles. The number of hydrogen-bond donors (Lipinski definition) is 1. The molecular weight excluding hydrogens is 480 g/mol. The van der Waals surface area contributed by atoms with Crippen LogP contribution >= 0.6 is 0 Å². The summed E-state index contributed by atoms with van der Waals surface area (Å²) in [6.07, 6.45) is 1.20. The topological polar surface area (TPSA) is 135 Å². The number of nitrogens with zero attached hydrogens (tertiary/aromatic N) is 3. The number of urea groups is 1. The number of sulfonamides is 1. The lowest BCUT2D eigenvalue weighted by molar-refractivity contribution is -0.145. The first-order chi connectivity index (χ1) is 16.6. The summed E-state index contributed by atoms with van der Waals surface area (Å²) in [5.74, 6) is -0.646. The van der Waals surface area contributed by atoms with E-state index in [0.717, 1.165) is 16.1 Å². The predicted octanol–water partition coefficient (Wildman–Crippen LogP) is -0.706. The summed E-state index contributed by atoms with van der Waals surface area (Å²) < 4.78 is 40.8. The number of nitrogens with one attached hydrogen (secondary N) is 1. The van der Waals surface area contributed by atoms with Crippen LogP contribution in [0.1, 0.15) is 5.56 Å². The zero-order chi connectivity index (χ0) is 25.6. The van der Waals surface area contributed by atoms with Crippen molar-refractivity contribution in [2.45, 2.75) is 18.5 Å². The maximum Gasteiger partial charge on any atom is 0.328 e. The molecule has 0 saturated carbocycles. The first-order valence-corrected chi connectivity index (χ1v) is 13.1. The molecule has 1 aromatic carbocycles. The monoisotopic (exact) mass is 512 g/mol. The fraction of sp³-hybridized carbons (Fsp3) is 0.591. The van der Waals surface area contributed by atoms with E-state index >= 15 is 0 Å². The van der Waals surface area contributed by atoms with Crippen LogP contribution < -0.4 is 10.1 Å². The Bertz CT molecular complexity index is 1010. The number of esters is 1. The molecule has 35 heavy (non-hydrogen) atoms. The van der Waals surface area contributed by atoms with E-state index in [4.69, 9.17) is 14.2 Å². The van der Waals surface area contributed by atoms with Gasteiger partial charge in [-0.15, -0.1) is 0 Å². The number of hydrogen-bond acceptors (Lipinski definition) is 8. The number of ether oxygens (including phenoxy) is 3. The van der Waals surface area contributed by atoms with Gasteiger partial charge in [-0.2, -0.15) is 4.31 Å². The molecule has 0 radical (unpaired) electrons. The summed E-state index contributed by atoms with van der Waals surface area (Å²) >= 11 is 0. The van der Waals surface area contributed by atoms with Crippen molar-refractivity contribution in [2.24, 2.45) is 0 Å². The van der Waals surface area contributed by atoms with Gasteiger partial charge in [-0.05, 0) is 17.7 Å². The number of rotatable bonds is 7. The van der Waals surface area contributed by atoms with E-state index in [-0.39, 0.29) is 32.1 Å². The van der Waals surface area contributed by atoms with Crippen LogP contribution in [0.15, 0.2) is 24.3 Å². The summed E-state index contributed by atoms with van der Waals surface area (Å²) in [5.41, 5.74) is 0.754. The second-order valence-corrected chi connectivity index (χ2v) is 10.3. The maximum absolute atomic E-state index is 13.4. The largest absolute Gasteiger partial charge is 0.497 e. The van der Waals surface area contributed by atoms with Gasteiger partial charge in [-0.25, -0.2) is 18.0 Å². The molecular formula is C22H32N4O8S. The Morgan fingerprint density at radius 1 is 1.09 bits per heavy atom. The van der Waals surface area contributed by atoms with Crippen molar-refractivity contribution in [1.29, 1.82) is 0 Å². The maximum atomic E-state index is 13.4. The van der Waals surface area contributed by atoms with Gasteiger partial charge in [0.25, 0.3) is 0 Å². The average Bonchev–Trinajstić information content (AvgIpc) is 2.87. The summed E-state index contributed by atoms with van der Waals surface area (Å²) in [6, 6.07) is 4.49. The van der Waals surface area contributed by atoms with E-state index in [2.05, 4.69) is 5.32 Å². The Morgan fingerprint density at radius 2 is 1.74 bits per heavy atom. The lowest BCUT2D eigenvalue weighted by atomic mass is 10.0. The van der Waals surface area contributed by atoms with Crippen LogP contribution in [0.25, 0.3) is 0 Å². The number of methoxy groups -OCH3 is 2. The normalized spacial score (nSPS) is 20.1. The molecule has 2 heterocycles. The van der Waals surface area contributed by atoms with Gasteiger partial charge in [0.1, 0.15) is 17.8 Å². The van der Waals surface area contributed by atoms with Crippen molar-refractivity contribution in [1.82, 2.24) is 19.4 Å². The number of amides is 3. The van der Waals surface area contributed by atoms with Gasteiger partial charge in [-0.3, -0.25) is 4.79 Å². The van der Waals surface area contributed by atoms with Crippen LogP contribution in [0.3, 0.4) is 0 Å². The van der Waals surface area contributed by atoms with Crippen molar-refractivity contribution in [2.75, 3.05) is 66.4 Å². The van der Waals surface area contributed by atoms with Gasteiger partial charge in [0.15, 0.2) is 0 Å². The van der Waals surface area contributed by atoms with E-state index in [9.17, 15) is 22.8 Å². The van der Waals surface area contributed by atoms with E-state index < -0.39 is 34.0 Å². The first kappa shape index (κ1) is 26.7. The molecule has 2 fully saturated rings. The Labute approximate surface area is 205 Å². The quantitative estimate of drug-likeness (QED) is 0.474. The average molecular weight is 513 g/mol. The minimum atomic E-state index is -3.59. The van der Waals surface area contributed by atoms with Crippen LogP contribution in [-0.4, -0.2) is 119 Å². The number of carbonyl (C=O) groups is 3. The molecule has 194 valence electrons. The van der Waals surface area contributed by atoms with Crippen molar-refractivity contribution in [3.63, 3.8) is 0 Å². The smallest absolute Gasteiger partial charge is 0.328 e. The van der Waals surface area contributed by atoms with Crippen LogP contribution in [0.4, 0.5) is 4.79 Å². The summed E-state index contributed by atoms with van der Waals surface area (Å²) in [4.78, 5) is 42.0. The fourth-order valence-corrected chi connectivity index (χ4v) is 4.87. The molecule has 0 bridgehead atoms. The second kappa shape index (κ2) is 11.7. The molecule has 0 unspecified atom stereocenters. The molecule has 1 aromatic rings. The van der Waals surface area contributed by atoms with Crippen molar-refractivity contribution >= 4 is 27.9 Å². The van der Waals surface area contributed by atoms with Gasteiger partial charge < -0.3 is 29.3 Å². The lowest BCUT2D eigenvalue weighted by Gasteiger charge is -2.42. The van der Waals surface area contributed by atoms with Gasteiger partial charge in [0, 0.05) is 39.1 Å². The third-order valence-electron chi connectivity index (χ3n) is 6.04. The molecule has 2 atom stereocenters. The fourth-order valence-electron chi connectivity index (χ4n) is 4.05. The second-order valence-electron chi connectivity index (χ2n) is 8.35. The Balaban J connectivity index is 1.80. The van der Waals surface area contributed by atoms with Gasteiger partial charge >= 0.3 is 12.0 Å². The highest BCUT2D eigenvalue weighted by Crippen LogP contribution is 2.18. The highest BCUT2D eigenvalue weighted by atomic mass is 32.2. The number of benzene rings is 1. The first-order valence-electron chi connectivity index (χ1n) is 11.2. The molecule has 12 nitrogen and oxygen atoms in total. The Hall–Kier alpha value is -2.90. The van der Waals surface area contributed by atoms with E-state index in [1.54, 1.807) is 36.3 Å². The highest BCUT2D eigenvalue weighted by Gasteiger charge is 2.41. The molecule has 13 heteroatoms. The Kier molecular flexibility index (Phi) is 8.92. The minimum absolute atomic E-state index is 0.0444. The summed E-state index contributed by atoms with van der Waals surface area (Å²) in [6.45, 7) is 1.44. The predicted molar refractivity (Wildman–Crippen MR) is 125 cm³/mol. The highest BCUT2D eigenvalue weighted by molar-refractivity contribution is 7.88. The van der Waals surface area contributed by atoms with Crippen LogP contribution in [-0.2, 0) is 35.5 Å². The van der Waals surface area contributed by atoms with Crippen LogP contribution in [0.5, 0.6) is 5.75 Å². The third-order valence-corrected chi connectivity index (χ3v) is 7.31. The molecule has 2 aliphatic rings. The molecule has 3 amide bonds. The molecule has 0 aliphatic carbocycles. The summed E-state index contributed by atoms with van der Waals surface area (Å²) in [5, 5.41) is 2.67. The van der Waals surface area contributed by atoms with Gasteiger partial charge in [0.2, 0.25) is 15.9 Å². The van der Waals surface area contributed by atoms with Gasteiger partial charge in [0.05, 0.1) is 33.7 Å². The minimum Gasteiger partial charge on any atom is -0.497 e. The zero-order valence-electron chi connectivity index (χ0n) is 20.1. The number of carbonyl (C=O) groups excluding carboxylic acids is 3. The molecule has 0 spiro atoms. The summed E-state index contributed by atoms with van der Waals surface area (Å²) in [7, 11) is -0.833. The zero-order valence-corrected chi connectivity index (χ0v) is 21.0. The molecule has 1 N–H and O–H groups in total. The van der Waals surface area contributed by atoms with Gasteiger partial charge in [-0.1, -0.05) is 12.1 Å². The van der Waals surface area contributed by atoms with E-state index in [1.165, 1.54) is 12.0 Å². The molecule has 2 saturated heterocycles.